The number of aromatic carboxylic acids is 1. The number of hydrogen-bond acceptors (Lipinski definition) is 3. The van der Waals surface area contributed by atoms with E-state index in [1.54, 1.807) is 17.4 Å². The molecule has 2 aromatic rings. The summed E-state index contributed by atoms with van der Waals surface area (Å²) in [5.41, 5.74) is 0.424. The van der Waals surface area contributed by atoms with Crippen LogP contribution in [0, 0.1) is 0 Å². The molecule has 0 atom stereocenters. The summed E-state index contributed by atoms with van der Waals surface area (Å²) in [6.45, 7) is 3.29. The Morgan fingerprint density at radius 3 is 2.79 bits per heavy atom. The van der Waals surface area contributed by atoms with Gasteiger partial charge in [0.15, 0.2) is 0 Å². The zero-order valence-corrected chi connectivity index (χ0v) is 11.6. The van der Waals surface area contributed by atoms with Crippen molar-refractivity contribution in [1.82, 2.24) is 4.90 Å². The van der Waals surface area contributed by atoms with E-state index in [4.69, 9.17) is 0 Å². The number of carboxylic acids is 1. The van der Waals surface area contributed by atoms with Crippen molar-refractivity contribution in [2.45, 2.75) is 25.8 Å². The molecule has 1 aromatic carbocycles. The topological polar surface area (TPSA) is 40.5 Å². The largest absolute Gasteiger partial charge is 0.478 e. The van der Waals surface area contributed by atoms with Crippen LogP contribution in [0.3, 0.4) is 0 Å². The van der Waals surface area contributed by atoms with Crippen molar-refractivity contribution in [1.29, 1.82) is 0 Å². The van der Waals surface area contributed by atoms with Crippen LogP contribution < -0.4 is 0 Å². The van der Waals surface area contributed by atoms with Gasteiger partial charge in [-0.2, -0.15) is 0 Å². The van der Waals surface area contributed by atoms with E-state index in [9.17, 15) is 9.90 Å². The fraction of sp³-hybridized carbons (Fsp3) is 0.400. The van der Waals surface area contributed by atoms with Crippen molar-refractivity contribution in [2.75, 3.05) is 13.1 Å². The van der Waals surface area contributed by atoms with E-state index in [-0.39, 0.29) is 0 Å². The molecule has 3 nitrogen and oxygen atoms in total. The molecule has 0 amide bonds. The van der Waals surface area contributed by atoms with Crippen LogP contribution in [0.4, 0.5) is 0 Å². The first kappa shape index (κ1) is 12.6. The lowest BCUT2D eigenvalue weighted by Crippen LogP contribution is -2.28. The average molecular weight is 275 g/mol. The van der Waals surface area contributed by atoms with Crippen molar-refractivity contribution in [3.8, 4) is 0 Å². The van der Waals surface area contributed by atoms with Gasteiger partial charge in [0, 0.05) is 16.1 Å². The lowest BCUT2D eigenvalue weighted by molar-refractivity contribution is 0.0699. The number of fused-ring (bicyclic) bond motifs is 1. The third-order valence-corrected chi connectivity index (χ3v) is 4.82. The van der Waals surface area contributed by atoms with E-state index in [1.807, 2.05) is 12.1 Å². The molecule has 0 unspecified atom stereocenters. The number of thiophene rings is 1. The highest BCUT2D eigenvalue weighted by molar-refractivity contribution is 7.19. The Bertz CT molecular complexity index is 599. The zero-order chi connectivity index (χ0) is 13.2. The average Bonchev–Trinajstić information content (AvgIpc) is 2.81. The van der Waals surface area contributed by atoms with Gasteiger partial charge in [0.1, 0.15) is 0 Å². The molecule has 100 valence electrons. The molecule has 2 heterocycles. The maximum absolute atomic E-state index is 11.2. The number of benzene rings is 1. The predicted octanol–water partition coefficient (Wildman–Crippen LogP) is 3.59. The Hall–Kier alpha value is -1.39. The Morgan fingerprint density at radius 1 is 1.26 bits per heavy atom. The molecule has 0 radical (unpaired) electrons. The van der Waals surface area contributed by atoms with E-state index in [0.717, 1.165) is 16.6 Å². The number of nitrogens with zero attached hydrogens (tertiary/aromatic N) is 1. The Labute approximate surface area is 116 Å². The van der Waals surface area contributed by atoms with Gasteiger partial charge in [-0.3, -0.25) is 4.90 Å². The summed E-state index contributed by atoms with van der Waals surface area (Å²) in [6.07, 6.45) is 3.91. The highest BCUT2D eigenvalue weighted by Crippen LogP contribution is 2.30. The number of likely N-dealkylation sites (tertiary alicyclic amines) is 1. The first-order valence-corrected chi connectivity index (χ1v) is 7.53. The fourth-order valence-electron chi connectivity index (χ4n) is 2.70. The minimum Gasteiger partial charge on any atom is -0.478 e. The van der Waals surface area contributed by atoms with E-state index in [1.165, 1.54) is 37.2 Å². The van der Waals surface area contributed by atoms with Crippen molar-refractivity contribution in [2.24, 2.45) is 0 Å². The van der Waals surface area contributed by atoms with Crippen LogP contribution in [0.5, 0.6) is 0 Å². The predicted molar refractivity (Wildman–Crippen MR) is 77.9 cm³/mol. The van der Waals surface area contributed by atoms with Crippen LogP contribution in [0.1, 0.15) is 34.5 Å². The first-order valence-electron chi connectivity index (χ1n) is 6.71. The van der Waals surface area contributed by atoms with Crippen LogP contribution in [0.25, 0.3) is 10.1 Å². The van der Waals surface area contributed by atoms with Gasteiger partial charge in [-0.05, 0) is 43.5 Å². The van der Waals surface area contributed by atoms with E-state index >= 15 is 0 Å². The molecule has 0 aliphatic carbocycles. The van der Waals surface area contributed by atoms with Gasteiger partial charge in [-0.25, -0.2) is 4.79 Å². The molecular weight excluding hydrogens is 258 g/mol. The zero-order valence-electron chi connectivity index (χ0n) is 10.8. The first-order chi connectivity index (χ1) is 9.24. The van der Waals surface area contributed by atoms with Gasteiger partial charge in [0.05, 0.1) is 5.56 Å². The monoisotopic (exact) mass is 275 g/mol. The molecule has 1 aromatic heterocycles. The van der Waals surface area contributed by atoms with Crippen LogP contribution >= 0.6 is 11.3 Å². The van der Waals surface area contributed by atoms with Crippen LogP contribution in [-0.2, 0) is 6.54 Å². The second kappa shape index (κ2) is 5.31. The number of carbonyl (C=O) groups is 1. The highest BCUT2D eigenvalue weighted by atomic mass is 32.1. The molecule has 1 aliphatic heterocycles. The fourth-order valence-corrected chi connectivity index (χ4v) is 3.91. The smallest absolute Gasteiger partial charge is 0.337 e. The van der Waals surface area contributed by atoms with Gasteiger partial charge in [0.25, 0.3) is 0 Å². The normalized spacial score (nSPS) is 16.8. The molecule has 1 aliphatic rings. The van der Waals surface area contributed by atoms with Crippen LogP contribution in [0.2, 0.25) is 0 Å². The van der Waals surface area contributed by atoms with Crippen LogP contribution in [-0.4, -0.2) is 29.1 Å². The second-order valence-corrected chi connectivity index (χ2v) is 6.22. The molecule has 1 N–H and O–H groups in total. The number of rotatable bonds is 3. The minimum absolute atomic E-state index is 0.424. The Kier molecular flexibility index (Phi) is 3.53. The molecular formula is C15H17NO2S. The summed E-state index contributed by atoms with van der Waals surface area (Å²) in [5.74, 6) is -0.836. The maximum atomic E-state index is 11.2. The number of hydrogen-bond donors (Lipinski definition) is 1. The standard InChI is InChI=1S/C15H17NO2S/c17-15(18)13-6-4-5-11-9-12(19-14(11)13)10-16-7-2-1-3-8-16/h4-6,9H,1-3,7-8,10H2,(H,17,18). The second-order valence-electron chi connectivity index (χ2n) is 5.08. The van der Waals surface area contributed by atoms with Crippen molar-refractivity contribution in [3.05, 3.63) is 34.7 Å². The van der Waals surface area contributed by atoms with Crippen molar-refractivity contribution < 1.29 is 9.90 Å². The summed E-state index contributed by atoms with van der Waals surface area (Å²) in [5, 5.41) is 10.3. The van der Waals surface area contributed by atoms with Crippen molar-refractivity contribution in [3.63, 3.8) is 0 Å². The Morgan fingerprint density at radius 2 is 2.05 bits per heavy atom. The lowest BCUT2D eigenvalue weighted by atomic mass is 10.1. The van der Waals surface area contributed by atoms with Gasteiger partial charge in [0.2, 0.25) is 0 Å². The molecule has 3 rings (SSSR count). The summed E-state index contributed by atoms with van der Waals surface area (Å²) in [7, 11) is 0. The molecule has 4 heteroatoms. The van der Waals surface area contributed by atoms with Gasteiger partial charge in [-0.1, -0.05) is 18.6 Å². The SMILES string of the molecule is O=C(O)c1cccc2cc(CN3CCCCC3)sc12. The third-order valence-electron chi connectivity index (χ3n) is 3.65. The Balaban J connectivity index is 1.88. The number of carboxylic acid groups (broad SMARTS) is 1. The summed E-state index contributed by atoms with van der Waals surface area (Å²) in [6, 6.07) is 7.65. The molecule has 1 fully saturated rings. The molecule has 1 saturated heterocycles. The van der Waals surface area contributed by atoms with Gasteiger partial charge >= 0.3 is 5.97 Å². The van der Waals surface area contributed by atoms with E-state index < -0.39 is 5.97 Å². The molecule has 0 saturated carbocycles. The molecule has 0 bridgehead atoms. The van der Waals surface area contributed by atoms with Gasteiger partial charge < -0.3 is 5.11 Å². The summed E-state index contributed by atoms with van der Waals surface area (Å²) < 4.78 is 0.905. The minimum atomic E-state index is -0.836. The van der Waals surface area contributed by atoms with E-state index in [0.29, 0.717) is 5.56 Å². The highest BCUT2D eigenvalue weighted by Gasteiger charge is 2.14. The third kappa shape index (κ3) is 2.65. The summed E-state index contributed by atoms with van der Waals surface area (Å²) >= 11 is 1.62. The van der Waals surface area contributed by atoms with Gasteiger partial charge in [-0.15, -0.1) is 11.3 Å². The quantitative estimate of drug-likeness (QED) is 0.930. The molecule has 19 heavy (non-hydrogen) atoms. The summed E-state index contributed by atoms with van der Waals surface area (Å²) in [4.78, 5) is 14.9. The van der Waals surface area contributed by atoms with Crippen LogP contribution in [0.15, 0.2) is 24.3 Å². The molecule has 0 spiro atoms. The number of piperidine rings is 1. The van der Waals surface area contributed by atoms with Crippen molar-refractivity contribution >= 4 is 27.4 Å². The maximum Gasteiger partial charge on any atom is 0.337 e. The lowest BCUT2D eigenvalue weighted by Gasteiger charge is -2.25. The van der Waals surface area contributed by atoms with E-state index in [2.05, 4.69) is 11.0 Å².